The first-order valence-electron chi connectivity index (χ1n) is 8.77. The molecule has 128 valence electrons. The number of unbranched alkanes of at least 4 members (excludes halogenated alkanes) is 4. The monoisotopic (exact) mass is 325 g/mol. The smallest absolute Gasteiger partial charge is 0.216 e. The van der Waals surface area contributed by atoms with Gasteiger partial charge in [-0.15, -0.1) is 0 Å². The minimum atomic E-state index is 0.593. The second-order valence-electron chi connectivity index (χ2n) is 6.06. The summed E-state index contributed by atoms with van der Waals surface area (Å²) in [7, 11) is 1.61. The fourth-order valence-electron chi connectivity index (χ4n) is 2.64. The quantitative estimate of drug-likeness (QED) is 0.201. The summed E-state index contributed by atoms with van der Waals surface area (Å²) in [5.41, 5.74) is 2.84. The summed E-state index contributed by atoms with van der Waals surface area (Å²) in [5.74, 6) is 0.746. The van der Waals surface area contributed by atoms with E-state index in [4.69, 9.17) is 4.74 Å². The number of nitrogens with zero attached hydrogens (tertiary/aromatic N) is 1. The molecule has 2 aromatic rings. The van der Waals surface area contributed by atoms with Crippen molar-refractivity contribution in [2.45, 2.75) is 45.4 Å². The van der Waals surface area contributed by atoms with Gasteiger partial charge in [0.05, 0.1) is 7.11 Å². The molecule has 2 rings (SSSR count). The summed E-state index contributed by atoms with van der Waals surface area (Å²) in [5, 5.41) is 12.2. The number of rotatable bonds is 9. The van der Waals surface area contributed by atoms with Gasteiger partial charge in [-0.1, -0.05) is 44.7 Å². The average Bonchev–Trinajstić information content (AvgIpc) is 2.63. The molecule has 0 aliphatic rings. The highest BCUT2D eigenvalue weighted by molar-refractivity contribution is 5.76. The van der Waals surface area contributed by atoms with Crippen LogP contribution in [0.25, 0.3) is 0 Å². The van der Waals surface area contributed by atoms with Crippen LogP contribution in [0.1, 0.15) is 50.2 Å². The number of aryl methyl sites for hydroxylation is 1. The van der Waals surface area contributed by atoms with E-state index in [1.54, 1.807) is 37.6 Å². The third-order valence-electron chi connectivity index (χ3n) is 4.14. The van der Waals surface area contributed by atoms with E-state index in [2.05, 4.69) is 19.1 Å². The van der Waals surface area contributed by atoms with Gasteiger partial charge in [-0.25, -0.2) is 0 Å². The van der Waals surface area contributed by atoms with E-state index in [9.17, 15) is 5.21 Å². The first kappa shape index (κ1) is 18.1. The highest BCUT2D eigenvalue weighted by atomic mass is 16.5. The second-order valence-corrected chi connectivity index (χ2v) is 6.06. The fourth-order valence-corrected chi connectivity index (χ4v) is 2.64. The van der Waals surface area contributed by atoms with Gasteiger partial charge in [0, 0.05) is 17.7 Å². The van der Waals surface area contributed by atoms with Crippen molar-refractivity contribution in [3.63, 3.8) is 0 Å². The normalized spacial score (nSPS) is 11.5. The van der Waals surface area contributed by atoms with E-state index in [1.165, 1.54) is 37.7 Å². The zero-order valence-corrected chi connectivity index (χ0v) is 14.7. The molecule has 3 heteroatoms. The fraction of sp³-hybridized carbons (Fsp3) is 0.381. The Balaban J connectivity index is 1.91. The van der Waals surface area contributed by atoms with Crippen molar-refractivity contribution >= 4 is 11.9 Å². The SMILES string of the molecule is CCCCCCCc1ccc(C=[N+]([O-])c2ccc(OC)cc2)cc1. The lowest BCUT2D eigenvalue weighted by molar-refractivity contribution is -0.354. The Morgan fingerprint density at radius 2 is 1.58 bits per heavy atom. The number of hydrogen-bond acceptors (Lipinski definition) is 2. The van der Waals surface area contributed by atoms with Crippen LogP contribution in [0, 0.1) is 5.21 Å². The van der Waals surface area contributed by atoms with Gasteiger partial charge >= 0.3 is 0 Å². The van der Waals surface area contributed by atoms with Crippen LogP contribution >= 0.6 is 0 Å². The molecular weight excluding hydrogens is 298 g/mol. The lowest BCUT2D eigenvalue weighted by Gasteiger charge is -2.05. The molecule has 0 aromatic heterocycles. The molecule has 0 aliphatic carbocycles. The van der Waals surface area contributed by atoms with Crippen LogP contribution in [-0.4, -0.2) is 18.1 Å². The first-order chi connectivity index (χ1) is 11.7. The van der Waals surface area contributed by atoms with Gasteiger partial charge in [-0.2, -0.15) is 4.74 Å². The zero-order chi connectivity index (χ0) is 17.2. The molecule has 0 amide bonds. The number of benzene rings is 2. The van der Waals surface area contributed by atoms with Gasteiger partial charge < -0.3 is 9.94 Å². The van der Waals surface area contributed by atoms with Gasteiger partial charge in [0.15, 0.2) is 6.21 Å². The maximum absolute atomic E-state index is 12.2. The van der Waals surface area contributed by atoms with Crippen LogP contribution in [0.5, 0.6) is 5.75 Å². The number of hydrogen-bond donors (Lipinski definition) is 0. The van der Waals surface area contributed by atoms with Crippen LogP contribution in [0.15, 0.2) is 48.5 Å². The molecule has 0 N–H and O–H groups in total. The van der Waals surface area contributed by atoms with Gasteiger partial charge in [0.25, 0.3) is 0 Å². The van der Waals surface area contributed by atoms with Crippen molar-refractivity contribution in [3.05, 3.63) is 64.9 Å². The summed E-state index contributed by atoms with van der Waals surface area (Å²) >= 11 is 0. The summed E-state index contributed by atoms with van der Waals surface area (Å²) in [4.78, 5) is 0. The van der Waals surface area contributed by atoms with E-state index < -0.39 is 0 Å². The van der Waals surface area contributed by atoms with Crippen LogP contribution < -0.4 is 4.74 Å². The lowest BCUT2D eigenvalue weighted by Crippen LogP contribution is -1.99. The summed E-state index contributed by atoms with van der Waals surface area (Å²) in [6.45, 7) is 2.24. The Morgan fingerprint density at radius 3 is 2.21 bits per heavy atom. The van der Waals surface area contributed by atoms with Crippen LogP contribution in [0.4, 0.5) is 5.69 Å². The lowest BCUT2D eigenvalue weighted by atomic mass is 10.0. The molecule has 0 heterocycles. The Kier molecular flexibility index (Phi) is 7.34. The molecule has 0 unspecified atom stereocenters. The third-order valence-corrected chi connectivity index (χ3v) is 4.14. The second kappa shape index (κ2) is 9.76. The predicted octanol–water partition coefficient (Wildman–Crippen LogP) is 5.47. The first-order valence-corrected chi connectivity index (χ1v) is 8.77. The third kappa shape index (κ3) is 5.73. The standard InChI is InChI=1S/C21H27NO2/c1-3-4-5-6-7-8-18-9-11-19(12-10-18)17-22(23)20-13-15-21(24-2)16-14-20/h9-17H,3-8H2,1-2H3. The van der Waals surface area contributed by atoms with Gasteiger partial charge in [-0.3, -0.25) is 0 Å². The van der Waals surface area contributed by atoms with Crippen LogP contribution in [0.2, 0.25) is 0 Å². The van der Waals surface area contributed by atoms with Crippen molar-refractivity contribution in [3.8, 4) is 5.75 Å². The van der Waals surface area contributed by atoms with Crippen LogP contribution in [0.3, 0.4) is 0 Å². The van der Waals surface area contributed by atoms with Crippen molar-refractivity contribution in [1.29, 1.82) is 0 Å². The molecular formula is C21H27NO2. The molecule has 24 heavy (non-hydrogen) atoms. The summed E-state index contributed by atoms with van der Waals surface area (Å²) in [6, 6.07) is 15.3. The molecule has 3 nitrogen and oxygen atoms in total. The van der Waals surface area contributed by atoms with Crippen molar-refractivity contribution < 1.29 is 9.48 Å². The molecule has 0 atom stereocenters. The van der Waals surface area contributed by atoms with Crippen molar-refractivity contribution in [2.75, 3.05) is 7.11 Å². The number of methoxy groups -OCH3 is 1. The topological polar surface area (TPSA) is 35.3 Å². The molecule has 0 aliphatic heterocycles. The molecule has 0 bridgehead atoms. The Hall–Kier alpha value is -2.29. The molecule has 0 spiro atoms. The molecule has 0 fully saturated rings. The molecule has 0 radical (unpaired) electrons. The highest BCUT2D eigenvalue weighted by Gasteiger charge is 2.03. The van der Waals surface area contributed by atoms with Gasteiger partial charge in [-0.05, 0) is 42.7 Å². The number of ether oxygens (including phenoxy) is 1. The highest BCUT2D eigenvalue weighted by Crippen LogP contribution is 2.17. The van der Waals surface area contributed by atoms with Crippen LogP contribution in [-0.2, 0) is 6.42 Å². The Labute approximate surface area is 145 Å². The van der Waals surface area contributed by atoms with Gasteiger partial charge in [0.1, 0.15) is 5.75 Å². The zero-order valence-electron chi connectivity index (χ0n) is 14.7. The van der Waals surface area contributed by atoms with Crippen molar-refractivity contribution in [2.24, 2.45) is 0 Å². The summed E-state index contributed by atoms with van der Waals surface area (Å²) in [6.07, 6.45) is 9.20. The van der Waals surface area contributed by atoms with E-state index in [-0.39, 0.29) is 0 Å². The summed E-state index contributed by atoms with van der Waals surface area (Å²) < 4.78 is 5.99. The van der Waals surface area contributed by atoms with E-state index in [1.807, 2.05) is 12.1 Å². The van der Waals surface area contributed by atoms with Gasteiger partial charge in [0.2, 0.25) is 5.69 Å². The average molecular weight is 325 g/mol. The molecule has 0 saturated carbocycles. The minimum absolute atomic E-state index is 0.593. The maximum atomic E-state index is 12.2. The maximum Gasteiger partial charge on any atom is 0.216 e. The van der Waals surface area contributed by atoms with E-state index in [0.29, 0.717) is 5.69 Å². The largest absolute Gasteiger partial charge is 0.618 e. The minimum Gasteiger partial charge on any atom is -0.618 e. The Morgan fingerprint density at radius 1 is 0.917 bits per heavy atom. The van der Waals surface area contributed by atoms with Crippen molar-refractivity contribution in [1.82, 2.24) is 0 Å². The Bertz CT molecular complexity index is 630. The molecule has 0 saturated heterocycles. The molecule has 2 aromatic carbocycles. The van der Waals surface area contributed by atoms with E-state index >= 15 is 0 Å². The van der Waals surface area contributed by atoms with E-state index in [0.717, 1.165) is 22.5 Å². The predicted molar refractivity (Wildman–Crippen MR) is 100 cm³/mol.